The van der Waals surface area contributed by atoms with Crippen LogP contribution in [0.3, 0.4) is 0 Å². The number of unbranched alkanes of at least 4 members (excludes halogenated alkanes) is 1. The largest absolute Gasteiger partial charge is 0.337 e. The van der Waals surface area contributed by atoms with Crippen LogP contribution in [0.2, 0.25) is 0 Å². The van der Waals surface area contributed by atoms with Crippen molar-refractivity contribution >= 4 is 75.7 Å². The average Bonchev–Trinajstić information content (AvgIpc) is 3.78. The van der Waals surface area contributed by atoms with Crippen molar-refractivity contribution in [2.45, 2.75) is 37.4 Å². The first-order chi connectivity index (χ1) is 24.2. The van der Waals surface area contributed by atoms with E-state index in [-0.39, 0.29) is 5.73 Å². The van der Waals surface area contributed by atoms with Crippen molar-refractivity contribution in [1.29, 1.82) is 0 Å². The Kier molecular flexibility index (Phi) is 7.26. The maximum atomic E-state index is 7.91. The summed E-state index contributed by atoms with van der Waals surface area (Å²) < 4.78 is 15.5. The molecule has 1 unspecified atom stereocenters. The number of ether oxygens (including phenoxy) is 1. The van der Waals surface area contributed by atoms with Crippen LogP contribution in [-0.4, -0.2) is 29.7 Å². The van der Waals surface area contributed by atoms with Gasteiger partial charge in [0.2, 0.25) is 5.85 Å². The summed E-state index contributed by atoms with van der Waals surface area (Å²) in [4.78, 5) is 0. The molecule has 0 fully saturated rings. The molecule has 49 heavy (non-hydrogen) atoms. The second kappa shape index (κ2) is 12.0. The predicted octanol–water partition coefficient (Wildman–Crippen LogP) is 9.93. The molecule has 0 aliphatic carbocycles. The summed E-state index contributed by atoms with van der Waals surface area (Å²) in [5, 5.41) is 7.42. The predicted molar refractivity (Wildman–Crippen MR) is 211 cm³/mol. The van der Waals surface area contributed by atoms with Crippen molar-refractivity contribution in [3.8, 4) is 0 Å². The summed E-state index contributed by atoms with van der Waals surface area (Å²) in [6, 6.07) is 53.0. The number of nitrogens with zero attached hydrogens (tertiary/aromatic N) is 3. The molecular weight excluding hydrogens is 615 g/mol. The van der Waals surface area contributed by atoms with Crippen LogP contribution in [0.25, 0.3) is 65.4 Å². The van der Waals surface area contributed by atoms with Crippen LogP contribution in [-0.2, 0) is 17.1 Å². The summed E-state index contributed by atoms with van der Waals surface area (Å²) in [6.45, 7) is 4.58. The molecule has 0 N–H and O–H groups in total. The Labute approximate surface area is 288 Å². The van der Waals surface area contributed by atoms with Gasteiger partial charge in [-0.3, -0.25) is 9.13 Å². The van der Waals surface area contributed by atoms with Gasteiger partial charge >= 0.3 is 0 Å². The fraction of sp³-hybridized carbons (Fsp3) is 0.136. The Morgan fingerprint density at radius 2 is 0.857 bits per heavy atom. The maximum Gasteiger partial charge on any atom is 0.249 e. The lowest BCUT2D eigenvalue weighted by Crippen LogP contribution is -2.49. The molecule has 0 bridgehead atoms. The van der Waals surface area contributed by atoms with Crippen molar-refractivity contribution in [2.75, 3.05) is 0 Å². The molecule has 0 aliphatic rings. The molecule has 4 nitrogen and oxygen atoms in total. The Morgan fingerprint density at radius 1 is 0.531 bits per heavy atom. The molecule has 0 aliphatic heterocycles. The van der Waals surface area contributed by atoms with Crippen LogP contribution in [0, 0.1) is 0 Å². The quantitative estimate of drug-likeness (QED) is 0.0819. The fourth-order valence-corrected chi connectivity index (χ4v) is 9.08. The third-order valence-electron chi connectivity index (χ3n) is 10.3. The highest BCUT2D eigenvalue weighted by Crippen LogP contribution is 2.44. The third-order valence-corrected chi connectivity index (χ3v) is 11.1. The van der Waals surface area contributed by atoms with E-state index in [2.05, 4.69) is 166 Å². The monoisotopic (exact) mass is 653 g/mol. The van der Waals surface area contributed by atoms with Crippen LogP contribution in [0.5, 0.6) is 0 Å². The normalized spacial score (nSPS) is 13.1. The van der Waals surface area contributed by atoms with Gasteiger partial charge in [0.05, 0.1) is 28.6 Å². The van der Waals surface area contributed by atoms with Crippen LogP contribution in [0.4, 0.5) is 0 Å². The molecule has 0 saturated heterocycles. The van der Waals surface area contributed by atoms with Gasteiger partial charge in [0.25, 0.3) is 0 Å². The molecule has 5 heteroatoms. The second-order valence-corrected chi connectivity index (χ2v) is 14.5. The lowest BCUT2D eigenvalue weighted by atomic mass is 10.2. The lowest BCUT2D eigenvalue weighted by molar-refractivity contribution is -0.145. The van der Waals surface area contributed by atoms with Gasteiger partial charge in [-0.05, 0) is 55.7 Å². The maximum absolute atomic E-state index is 7.91. The van der Waals surface area contributed by atoms with E-state index in [4.69, 9.17) is 4.74 Å². The molecule has 6 aromatic carbocycles. The molecule has 0 spiro atoms. The summed E-state index contributed by atoms with van der Waals surface area (Å²) in [5.74, 6) is -0.990. The number of rotatable bonds is 10. The first kappa shape index (κ1) is 29.8. The van der Waals surface area contributed by atoms with Gasteiger partial charge in [0.1, 0.15) is 0 Å². The minimum absolute atomic E-state index is 0.0767. The van der Waals surface area contributed by atoms with Crippen molar-refractivity contribution < 1.29 is 4.74 Å². The van der Waals surface area contributed by atoms with Crippen LogP contribution < -0.4 is 0 Å². The summed E-state index contributed by atoms with van der Waals surface area (Å²) >= 11 is 0. The molecule has 3 heterocycles. The molecule has 0 radical (unpaired) electrons. The highest BCUT2D eigenvalue weighted by molar-refractivity contribution is 6.12. The zero-order valence-corrected chi connectivity index (χ0v) is 29.8. The topological polar surface area (TPSA) is 24.0 Å². The number of hydrogen-bond acceptors (Lipinski definition) is 1. The number of hydrogen-bond donors (Lipinski definition) is 0. The summed E-state index contributed by atoms with van der Waals surface area (Å²) in [7, 11) is 0.878. The molecule has 3 aromatic heterocycles. The van der Waals surface area contributed by atoms with Crippen molar-refractivity contribution in [3.05, 3.63) is 158 Å². The van der Waals surface area contributed by atoms with E-state index in [0.29, 0.717) is 6.54 Å². The number of benzene rings is 6. The highest BCUT2D eigenvalue weighted by Gasteiger charge is 2.43. The molecule has 0 amide bonds. The summed E-state index contributed by atoms with van der Waals surface area (Å²) in [5.41, 5.74) is 7.12. The Morgan fingerprint density at radius 3 is 1.22 bits per heavy atom. The molecule has 0 saturated carbocycles. The van der Waals surface area contributed by atoms with Crippen molar-refractivity contribution in [3.63, 3.8) is 0 Å². The Hall–Kier alpha value is -5.36. The summed E-state index contributed by atoms with van der Waals surface area (Å²) in [6.07, 6.45) is 5.02. The number of para-hydroxylation sites is 6. The average molecular weight is 654 g/mol. The minimum atomic E-state index is -0.990. The lowest BCUT2D eigenvalue weighted by Gasteiger charge is -2.42. The van der Waals surface area contributed by atoms with Crippen LogP contribution >= 0.6 is 0 Å². The minimum Gasteiger partial charge on any atom is -0.337 e. The molecule has 9 aromatic rings. The number of fused-ring (bicyclic) bond motifs is 9. The van der Waals surface area contributed by atoms with E-state index in [1.165, 1.54) is 43.4 Å². The SMILES string of the molecule is C=CCCCC([SiH3])OC(Cn1c2ccccc2c2ccccc21)(n1c2ccccc2c2ccccc21)n1c2ccccc2c2ccccc21. The molecule has 1 atom stereocenters. The van der Waals surface area contributed by atoms with E-state index in [1.807, 2.05) is 6.08 Å². The van der Waals surface area contributed by atoms with Gasteiger partial charge in [-0.1, -0.05) is 115 Å². The van der Waals surface area contributed by atoms with E-state index in [0.717, 1.165) is 51.6 Å². The van der Waals surface area contributed by atoms with Gasteiger partial charge in [-0.15, -0.1) is 6.58 Å². The fourth-order valence-electron chi connectivity index (χ4n) is 8.29. The third kappa shape index (κ3) is 4.61. The zero-order valence-electron chi connectivity index (χ0n) is 27.8. The molecule has 9 rings (SSSR count). The second-order valence-electron chi connectivity index (χ2n) is 13.3. The van der Waals surface area contributed by atoms with Gasteiger partial charge in [-0.2, -0.15) is 0 Å². The van der Waals surface area contributed by atoms with Crippen molar-refractivity contribution in [2.24, 2.45) is 0 Å². The number of aromatic nitrogens is 3. The van der Waals surface area contributed by atoms with Gasteiger partial charge < -0.3 is 9.30 Å². The van der Waals surface area contributed by atoms with Crippen LogP contribution in [0.15, 0.2) is 158 Å². The first-order valence-corrected chi connectivity index (χ1v) is 18.6. The van der Waals surface area contributed by atoms with Gasteiger partial charge in [0, 0.05) is 59.3 Å². The molecular formula is C44H39N3OSi. The van der Waals surface area contributed by atoms with E-state index in [1.54, 1.807) is 0 Å². The zero-order chi connectivity index (χ0) is 33.0. The highest BCUT2D eigenvalue weighted by atomic mass is 28.1. The molecule has 240 valence electrons. The van der Waals surface area contributed by atoms with Crippen molar-refractivity contribution in [1.82, 2.24) is 13.7 Å². The van der Waals surface area contributed by atoms with Crippen LogP contribution in [0.1, 0.15) is 19.3 Å². The van der Waals surface area contributed by atoms with E-state index < -0.39 is 5.85 Å². The first-order valence-electron chi connectivity index (χ1n) is 17.4. The van der Waals surface area contributed by atoms with Gasteiger partial charge in [-0.25, -0.2) is 0 Å². The van der Waals surface area contributed by atoms with Gasteiger partial charge in [0.15, 0.2) is 0 Å². The Balaban J connectivity index is 1.47. The van der Waals surface area contributed by atoms with E-state index >= 15 is 0 Å². The van der Waals surface area contributed by atoms with E-state index in [9.17, 15) is 0 Å². The Bertz CT molecular complexity index is 2390. The smallest absolute Gasteiger partial charge is 0.249 e. The standard InChI is InChI=1S/C44H39N3OSi/c1-2-3-4-29-43(49)48-44(46-39-25-13-7-19-33(39)34-20-8-14-26-40(34)46,47-41-27-15-9-21-35(41)36-22-10-16-28-42(36)47)30-45-37-23-11-5-17-31(37)32-18-6-12-24-38(32)45/h2,5-28,43H,1,3-4,29-30H2,49H3. The number of allylic oxidation sites excluding steroid dienone is 1.